The molecule has 0 amide bonds. The average Bonchev–Trinajstić information content (AvgIpc) is 3.44. The second-order valence-corrected chi connectivity index (χ2v) is 8.22. The molecular weight excluding hydrogens is 447 g/mol. The predicted octanol–water partition coefficient (Wildman–Crippen LogP) is 4.23. The number of nitrogens with zero attached hydrogens (tertiary/aromatic N) is 2. The molecule has 9 heteroatoms. The zero-order valence-corrected chi connectivity index (χ0v) is 21.8. The van der Waals surface area contributed by atoms with Gasteiger partial charge in [-0.05, 0) is 29.5 Å². The summed E-state index contributed by atoms with van der Waals surface area (Å²) in [6, 6.07) is 16.0. The topological polar surface area (TPSA) is 101 Å². The van der Waals surface area contributed by atoms with Crippen LogP contribution in [0.3, 0.4) is 0 Å². The average molecular weight is 472 g/mol. The molecule has 0 spiro atoms. The molecule has 1 radical (unpaired) electrons. The maximum atomic E-state index is 12.2. The van der Waals surface area contributed by atoms with Crippen LogP contribution in [0, 0.1) is 0 Å². The fraction of sp³-hybridized carbons (Fsp3) is 0.250. The van der Waals surface area contributed by atoms with E-state index in [1.165, 1.54) is 7.11 Å². The largest absolute Gasteiger partial charge is 0.464 e. The van der Waals surface area contributed by atoms with Crippen LogP contribution in [0.15, 0.2) is 53.3 Å². The molecule has 0 saturated carbocycles. The number of H-pyrrole nitrogens is 2. The van der Waals surface area contributed by atoms with Gasteiger partial charge in [0, 0.05) is 64.3 Å². The van der Waals surface area contributed by atoms with Crippen LogP contribution in [0.4, 0.5) is 0 Å². The quantitative estimate of drug-likeness (QED) is 0.296. The number of rotatable bonds is 8. The summed E-state index contributed by atoms with van der Waals surface area (Å²) in [7, 11) is 1.37. The number of unbranched alkanes of at least 4 members (excludes halogenated alkanes) is 1. The van der Waals surface area contributed by atoms with E-state index in [9.17, 15) is 9.59 Å². The third-order valence-corrected chi connectivity index (χ3v) is 5.92. The first-order valence-electron chi connectivity index (χ1n) is 10.5. The van der Waals surface area contributed by atoms with Crippen LogP contribution in [0.1, 0.15) is 47.1 Å². The maximum Gasteiger partial charge on any atom is 0.358 e. The number of aryl methyl sites for hydroxylation is 1. The summed E-state index contributed by atoms with van der Waals surface area (Å²) in [5.41, 5.74) is 6.17. The number of nitrogens with one attached hydrogen (secondary N) is 2. The standard InChI is InChI=1S/C24H24N4O3S.Na/c1-3-4-9-20-19(21(27-26-20)23(29)31-2)14-15-10-12-16(13-11-15)17-7-5-6-8-18(17)22-25-24(30)32-28-22;/h5-8,10-13H,3-4,9,14H2,1-2H3,(H,26,27)(H,25,28,30);. The van der Waals surface area contributed by atoms with Gasteiger partial charge in [0.15, 0.2) is 11.5 Å². The van der Waals surface area contributed by atoms with Gasteiger partial charge in [-0.1, -0.05) is 61.9 Å². The number of aromatic nitrogens is 4. The van der Waals surface area contributed by atoms with Crippen molar-refractivity contribution in [1.82, 2.24) is 19.6 Å². The SMILES string of the molecule is CCCCc1[nH]nc(C(=O)OC)c1Cc1ccc(-c2ccccc2-c2nsc(=O)[nH]2)cc1.[Na]. The fourth-order valence-electron chi connectivity index (χ4n) is 3.71. The van der Waals surface area contributed by atoms with Crippen molar-refractivity contribution in [3.8, 4) is 22.5 Å². The van der Waals surface area contributed by atoms with Crippen LogP contribution in [0.25, 0.3) is 22.5 Å². The Morgan fingerprint density at radius 2 is 1.82 bits per heavy atom. The minimum Gasteiger partial charge on any atom is -0.464 e. The van der Waals surface area contributed by atoms with Crippen LogP contribution in [0.5, 0.6) is 0 Å². The van der Waals surface area contributed by atoms with E-state index in [0.29, 0.717) is 17.9 Å². The van der Waals surface area contributed by atoms with Gasteiger partial charge in [0.2, 0.25) is 0 Å². The molecule has 0 unspecified atom stereocenters. The minimum atomic E-state index is -0.429. The summed E-state index contributed by atoms with van der Waals surface area (Å²) in [6.45, 7) is 2.13. The molecule has 4 aromatic rings. The van der Waals surface area contributed by atoms with Gasteiger partial charge < -0.3 is 4.74 Å². The first kappa shape index (κ1) is 25.1. The van der Waals surface area contributed by atoms with E-state index in [-0.39, 0.29) is 34.4 Å². The number of esters is 1. The summed E-state index contributed by atoms with van der Waals surface area (Å²) < 4.78 is 9.14. The van der Waals surface area contributed by atoms with Gasteiger partial charge in [-0.3, -0.25) is 14.9 Å². The molecule has 0 aliphatic carbocycles. The number of carbonyl (C=O) groups excluding carboxylic acids is 1. The fourth-order valence-corrected chi connectivity index (χ4v) is 4.17. The Bertz CT molecular complexity index is 1280. The molecule has 165 valence electrons. The van der Waals surface area contributed by atoms with Crippen LogP contribution >= 0.6 is 11.5 Å². The zero-order chi connectivity index (χ0) is 22.5. The number of hydrogen-bond acceptors (Lipinski definition) is 6. The monoisotopic (exact) mass is 471 g/mol. The number of methoxy groups -OCH3 is 1. The van der Waals surface area contributed by atoms with Crippen molar-refractivity contribution >= 4 is 47.1 Å². The minimum absolute atomic E-state index is 0. The van der Waals surface area contributed by atoms with E-state index in [4.69, 9.17) is 4.74 Å². The Labute approximate surface area is 218 Å². The Morgan fingerprint density at radius 3 is 2.45 bits per heavy atom. The molecule has 4 rings (SSSR count). The third-order valence-electron chi connectivity index (χ3n) is 5.38. The van der Waals surface area contributed by atoms with Crippen LogP contribution in [0.2, 0.25) is 0 Å². The Kier molecular flexibility index (Phi) is 8.80. The normalized spacial score (nSPS) is 10.6. The third kappa shape index (κ3) is 5.70. The molecule has 0 aliphatic rings. The molecular formula is C24H24N4NaO3S. The Balaban J connectivity index is 0.00000306. The van der Waals surface area contributed by atoms with Crippen LogP contribution in [-0.4, -0.2) is 62.2 Å². The van der Waals surface area contributed by atoms with E-state index in [2.05, 4.69) is 26.5 Å². The summed E-state index contributed by atoms with van der Waals surface area (Å²) in [5.74, 6) is 0.142. The van der Waals surface area contributed by atoms with E-state index in [0.717, 1.165) is 64.3 Å². The van der Waals surface area contributed by atoms with Gasteiger partial charge in [-0.2, -0.15) is 9.47 Å². The Morgan fingerprint density at radius 1 is 1.09 bits per heavy atom. The van der Waals surface area contributed by atoms with Crippen molar-refractivity contribution in [2.24, 2.45) is 0 Å². The van der Waals surface area contributed by atoms with E-state index in [1.54, 1.807) is 0 Å². The van der Waals surface area contributed by atoms with Gasteiger partial charge >= 0.3 is 10.8 Å². The molecule has 0 aliphatic heterocycles. The van der Waals surface area contributed by atoms with E-state index >= 15 is 0 Å². The molecule has 2 heterocycles. The Hall–Kier alpha value is -2.52. The molecule has 0 saturated heterocycles. The van der Waals surface area contributed by atoms with Crippen molar-refractivity contribution in [3.05, 3.63) is 80.7 Å². The van der Waals surface area contributed by atoms with Crippen LogP contribution in [-0.2, 0) is 17.6 Å². The molecule has 2 N–H and O–H groups in total. The second kappa shape index (κ2) is 11.6. The van der Waals surface area contributed by atoms with Crippen molar-refractivity contribution in [1.29, 1.82) is 0 Å². The van der Waals surface area contributed by atoms with Gasteiger partial charge in [0.25, 0.3) is 0 Å². The van der Waals surface area contributed by atoms with Crippen molar-refractivity contribution in [2.75, 3.05) is 7.11 Å². The van der Waals surface area contributed by atoms with Crippen molar-refractivity contribution < 1.29 is 9.53 Å². The number of aromatic amines is 2. The smallest absolute Gasteiger partial charge is 0.358 e. The van der Waals surface area contributed by atoms with Crippen molar-refractivity contribution in [3.63, 3.8) is 0 Å². The first-order valence-corrected chi connectivity index (χ1v) is 11.3. The predicted molar refractivity (Wildman–Crippen MR) is 131 cm³/mol. The van der Waals surface area contributed by atoms with Gasteiger partial charge in [-0.15, -0.1) is 0 Å². The van der Waals surface area contributed by atoms with Crippen molar-refractivity contribution in [2.45, 2.75) is 32.6 Å². The van der Waals surface area contributed by atoms with Gasteiger partial charge in [-0.25, -0.2) is 4.79 Å². The number of carbonyl (C=O) groups is 1. The zero-order valence-electron chi connectivity index (χ0n) is 19.0. The van der Waals surface area contributed by atoms with Crippen LogP contribution < -0.4 is 4.87 Å². The molecule has 2 aromatic carbocycles. The summed E-state index contributed by atoms with van der Waals surface area (Å²) >= 11 is 0.912. The summed E-state index contributed by atoms with van der Waals surface area (Å²) in [6.07, 6.45) is 3.50. The van der Waals surface area contributed by atoms with Gasteiger partial charge in [0.1, 0.15) is 0 Å². The molecule has 2 aromatic heterocycles. The number of hydrogen-bond donors (Lipinski definition) is 2. The first-order chi connectivity index (χ1) is 15.6. The van der Waals surface area contributed by atoms with Gasteiger partial charge in [0.05, 0.1) is 7.11 Å². The molecule has 0 atom stereocenters. The van der Waals surface area contributed by atoms with E-state index < -0.39 is 5.97 Å². The second-order valence-electron chi connectivity index (χ2n) is 7.49. The number of benzene rings is 2. The molecule has 33 heavy (non-hydrogen) atoms. The molecule has 7 nitrogen and oxygen atoms in total. The molecule has 0 fully saturated rings. The van der Waals surface area contributed by atoms with E-state index in [1.807, 2.05) is 48.5 Å². The maximum absolute atomic E-state index is 12.2. The summed E-state index contributed by atoms with van der Waals surface area (Å²) in [4.78, 5) is 26.4. The number of ether oxygens (including phenoxy) is 1. The molecule has 0 bridgehead atoms. The summed E-state index contributed by atoms with van der Waals surface area (Å²) in [5, 5.41) is 7.24.